The Morgan fingerprint density at radius 3 is 2.85 bits per heavy atom. The normalized spacial score (nSPS) is 18.1. The van der Waals surface area contributed by atoms with Gasteiger partial charge in [-0.2, -0.15) is 5.26 Å². The lowest BCUT2D eigenvalue weighted by Crippen LogP contribution is -2.15. The number of hydrogen-bond donors (Lipinski definition) is 1. The molecule has 3 aromatic rings. The Morgan fingerprint density at radius 1 is 1.41 bits per heavy atom. The summed E-state index contributed by atoms with van der Waals surface area (Å²) in [6, 6.07) is 7.07. The molecule has 27 heavy (non-hydrogen) atoms. The summed E-state index contributed by atoms with van der Waals surface area (Å²) in [6.45, 7) is 1.82. The zero-order valence-corrected chi connectivity index (χ0v) is 14.7. The number of anilines is 1. The average Bonchev–Trinajstić information content (AvgIpc) is 3.27. The van der Waals surface area contributed by atoms with Crippen molar-refractivity contribution < 1.29 is 13.9 Å². The first-order valence-corrected chi connectivity index (χ1v) is 8.41. The Morgan fingerprint density at radius 2 is 2.19 bits per heavy atom. The number of nitrogens with one attached hydrogen (secondary N) is 1. The molecule has 0 saturated heterocycles. The molecule has 1 unspecified atom stereocenters. The molecule has 1 aliphatic rings. The van der Waals surface area contributed by atoms with E-state index < -0.39 is 12.1 Å². The highest BCUT2D eigenvalue weighted by Gasteiger charge is 2.43. The number of rotatable bonds is 4. The third-order valence-corrected chi connectivity index (χ3v) is 4.52. The Bertz CT molecular complexity index is 1100. The molecule has 7 nitrogen and oxygen atoms in total. The van der Waals surface area contributed by atoms with E-state index in [0.29, 0.717) is 28.4 Å². The largest absolute Gasteiger partial charge is 0.455 e. The number of nitrogens with zero attached hydrogens (tertiary/aromatic N) is 4. The summed E-state index contributed by atoms with van der Waals surface area (Å²) in [4.78, 5) is 20.5. The minimum absolute atomic E-state index is 0.253. The van der Waals surface area contributed by atoms with E-state index in [1.807, 2.05) is 20.0 Å². The molecule has 8 heteroatoms. The van der Waals surface area contributed by atoms with Crippen LogP contribution in [0.1, 0.15) is 17.7 Å². The van der Waals surface area contributed by atoms with Crippen molar-refractivity contribution in [3.63, 3.8) is 0 Å². The molecule has 1 amide bonds. The van der Waals surface area contributed by atoms with Crippen LogP contribution in [0.3, 0.4) is 0 Å². The summed E-state index contributed by atoms with van der Waals surface area (Å²) in [5.74, 6) is 0.0172. The van der Waals surface area contributed by atoms with Crippen molar-refractivity contribution in [1.82, 2.24) is 14.5 Å². The van der Waals surface area contributed by atoms with Crippen LogP contribution in [0, 0.1) is 24.2 Å². The van der Waals surface area contributed by atoms with Crippen LogP contribution in [0.4, 0.5) is 10.1 Å². The summed E-state index contributed by atoms with van der Waals surface area (Å²) in [5, 5.41) is 11.7. The second kappa shape index (κ2) is 6.36. The van der Waals surface area contributed by atoms with Gasteiger partial charge in [0.2, 0.25) is 5.91 Å². The molecule has 2 heterocycles. The third kappa shape index (κ3) is 3.19. The van der Waals surface area contributed by atoms with E-state index in [9.17, 15) is 9.18 Å². The minimum Gasteiger partial charge on any atom is -0.455 e. The predicted molar refractivity (Wildman–Crippen MR) is 96.1 cm³/mol. The molecule has 2 aromatic heterocycles. The Balaban J connectivity index is 1.69. The van der Waals surface area contributed by atoms with Crippen LogP contribution in [-0.2, 0) is 11.8 Å². The van der Waals surface area contributed by atoms with Crippen LogP contribution in [-0.4, -0.2) is 26.6 Å². The van der Waals surface area contributed by atoms with Crippen LogP contribution < -0.4 is 10.1 Å². The van der Waals surface area contributed by atoms with Gasteiger partial charge in [-0.15, -0.1) is 0 Å². The first-order valence-electron chi connectivity index (χ1n) is 8.41. The van der Waals surface area contributed by atoms with Gasteiger partial charge >= 0.3 is 0 Å². The maximum absolute atomic E-state index is 13.2. The molecule has 136 valence electrons. The summed E-state index contributed by atoms with van der Waals surface area (Å²) in [5.41, 5.74) is 2.89. The number of hydrogen-bond acceptors (Lipinski definition) is 5. The molecule has 1 aromatic carbocycles. The van der Waals surface area contributed by atoms with Gasteiger partial charge in [-0.3, -0.25) is 4.79 Å². The van der Waals surface area contributed by atoms with E-state index >= 15 is 0 Å². The Kier molecular flexibility index (Phi) is 4.00. The van der Waals surface area contributed by atoms with Gasteiger partial charge in [0.05, 0.1) is 29.6 Å². The van der Waals surface area contributed by atoms with Crippen molar-refractivity contribution in [2.24, 2.45) is 13.0 Å². The first-order chi connectivity index (χ1) is 13.0. The Hall–Kier alpha value is -3.47. The molecule has 1 N–H and O–H groups in total. The standard InChI is InChI=1S/C19H16FN5O2/c1-10-3-11(7-21)22-8-17(10)27-12-4-15(24-19(26)13-6-14(13)20)18-16(5-12)25(2)9-23-18/h3-5,8-9,13-14H,6H2,1-2H3,(H,24,26)/t13?,14-/m1/s1. The van der Waals surface area contributed by atoms with Gasteiger partial charge < -0.3 is 14.6 Å². The number of alkyl halides is 1. The highest BCUT2D eigenvalue weighted by atomic mass is 19.1. The number of benzene rings is 1. The number of fused-ring (bicyclic) bond motifs is 1. The van der Waals surface area contributed by atoms with Crippen molar-refractivity contribution in [2.75, 3.05) is 5.32 Å². The van der Waals surface area contributed by atoms with Crippen molar-refractivity contribution >= 4 is 22.6 Å². The maximum Gasteiger partial charge on any atom is 0.230 e. The van der Waals surface area contributed by atoms with E-state index in [1.165, 1.54) is 6.20 Å². The fourth-order valence-electron chi connectivity index (χ4n) is 2.86. The van der Waals surface area contributed by atoms with Gasteiger partial charge in [0.15, 0.2) is 0 Å². The minimum atomic E-state index is -1.07. The smallest absolute Gasteiger partial charge is 0.230 e. The first kappa shape index (κ1) is 17.0. The average molecular weight is 365 g/mol. The number of nitriles is 1. The van der Waals surface area contributed by atoms with Gasteiger partial charge in [0.1, 0.15) is 35.0 Å². The number of aryl methyl sites for hydroxylation is 2. The number of amides is 1. The summed E-state index contributed by atoms with van der Waals surface area (Å²) in [7, 11) is 1.83. The molecule has 0 spiro atoms. The number of aromatic nitrogens is 3. The zero-order chi connectivity index (χ0) is 19.1. The molecule has 4 rings (SSSR count). The van der Waals surface area contributed by atoms with Gasteiger partial charge in [-0.1, -0.05) is 0 Å². The van der Waals surface area contributed by atoms with E-state index in [-0.39, 0.29) is 12.3 Å². The van der Waals surface area contributed by atoms with E-state index in [4.69, 9.17) is 10.00 Å². The van der Waals surface area contributed by atoms with Gasteiger partial charge in [-0.25, -0.2) is 14.4 Å². The second-order valence-electron chi connectivity index (χ2n) is 6.59. The lowest BCUT2D eigenvalue weighted by Gasteiger charge is -2.12. The monoisotopic (exact) mass is 365 g/mol. The van der Waals surface area contributed by atoms with Crippen molar-refractivity contribution in [1.29, 1.82) is 5.26 Å². The molecule has 0 aliphatic heterocycles. The number of pyridine rings is 1. The maximum atomic E-state index is 13.2. The van der Waals surface area contributed by atoms with E-state index in [1.54, 1.807) is 29.1 Å². The molecule has 1 saturated carbocycles. The highest BCUT2D eigenvalue weighted by molar-refractivity contribution is 6.02. The van der Waals surface area contributed by atoms with E-state index in [0.717, 1.165) is 11.1 Å². The van der Waals surface area contributed by atoms with Crippen LogP contribution in [0.25, 0.3) is 11.0 Å². The molecular weight excluding hydrogens is 349 g/mol. The molecular formula is C19H16FN5O2. The SMILES string of the molecule is Cc1cc(C#N)ncc1Oc1cc(NC(=O)C2C[C@H]2F)c2ncn(C)c2c1. The van der Waals surface area contributed by atoms with Crippen molar-refractivity contribution in [3.8, 4) is 17.6 Å². The lowest BCUT2D eigenvalue weighted by molar-refractivity contribution is -0.117. The highest BCUT2D eigenvalue weighted by Crippen LogP contribution is 2.37. The fraction of sp³-hybridized carbons (Fsp3) is 0.263. The van der Waals surface area contributed by atoms with Gasteiger partial charge in [0, 0.05) is 19.2 Å². The molecule has 2 atom stereocenters. The van der Waals surface area contributed by atoms with Crippen LogP contribution in [0.5, 0.6) is 11.5 Å². The summed E-state index contributed by atoms with van der Waals surface area (Å²) in [6.07, 6.45) is 2.30. The van der Waals surface area contributed by atoms with Gasteiger partial charge in [0.25, 0.3) is 0 Å². The van der Waals surface area contributed by atoms with Crippen molar-refractivity contribution in [3.05, 3.63) is 42.0 Å². The predicted octanol–water partition coefficient (Wildman–Crippen LogP) is 3.24. The molecule has 1 aliphatic carbocycles. The van der Waals surface area contributed by atoms with Crippen LogP contribution in [0.2, 0.25) is 0 Å². The zero-order valence-electron chi connectivity index (χ0n) is 14.7. The third-order valence-electron chi connectivity index (χ3n) is 4.52. The summed E-state index contributed by atoms with van der Waals surface area (Å²) >= 11 is 0. The van der Waals surface area contributed by atoms with E-state index in [2.05, 4.69) is 15.3 Å². The van der Waals surface area contributed by atoms with Crippen molar-refractivity contribution in [2.45, 2.75) is 19.5 Å². The number of halogens is 1. The molecule has 0 radical (unpaired) electrons. The fourth-order valence-corrected chi connectivity index (χ4v) is 2.86. The number of carbonyl (C=O) groups excluding carboxylic acids is 1. The number of ether oxygens (including phenoxy) is 1. The van der Waals surface area contributed by atoms with Gasteiger partial charge in [-0.05, 0) is 25.0 Å². The lowest BCUT2D eigenvalue weighted by atomic mass is 10.2. The quantitative estimate of drug-likeness (QED) is 0.766. The van der Waals surface area contributed by atoms with Crippen LogP contribution in [0.15, 0.2) is 30.7 Å². The van der Waals surface area contributed by atoms with Crippen LogP contribution >= 0.6 is 0 Å². The summed E-state index contributed by atoms with van der Waals surface area (Å²) < 4.78 is 20.9. The number of imidazole rings is 1. The molecule has 0 bridgehead atoms. The number of carbonyl (C=O) groups is 1. The Labute approximate surface area is 154 Å². The molecule has 1 fully saturated rings. The topological polar surface area (TPSA) is 92.8 Å². The second-order valence-corrected chi connectivity index (χ2v) is 6.59.